The highest BCUT2D eigenvalue weighted by Gasteiger charge is 2.51. The highest BCUT2D eigenvalue weighted by molar-refractivity contribution is 5.66. The minimum absolute atomic E-state index is 0.0132. The number of carbonyl (C=O) groups is 1. The molecule has 0 saturated heterocycles. The Balaban J connectivity index is 1.95. The average Bonchev–Trinajstić information content (AvgIpc) is 2.52. The Morgan fingerprint density at radius 2 is 2.00 bits per heavy atom. The van der Waals surface area contributed by atoms with Crippen molar-refractivity contribution in [3.05, 3.63) is 23.3 Å². The lowest BCUT2D eigenvalue weighted by molar-refractivity contribution is -0.145. The van der Waals surface area contributed by atoms with Crippen molar-refractivity contribution < 1.29 is 9.53 Å². The van der Waals surface area contributed by atoms with Crippen molar-refractivity contribution in [2.24, 2.45) is 22.7 Å². The largest absolute Gasteiger partial charge is 0.463 e. The minimum atomic E-state index is -0.180. The SMILES string of the molecule is CC(=O)O[C@H](C)CC/C=C(\C)CC[C@@H]1C(C)=CC[C@H]2C(C)(C)CCC[C@]12C. The Hall–Kier alpha value is -1.05. The van der Waals surface area contributed by atoms with Gasteiger partial charge in [0.1, 0.15) is 0 Å². The molecule has 0 aromatic rings. The second-order valence-corrected chi connectivity index (χ2v) is 10.2. The monoisotopic (exact) mass is 374 g/mol. The van der Waals surface area contributed by atoms with Gasteiger partial charge < -0.3 is 4.74 Å². The van der Waals surface area contributed by atoms with Gasteiger partial charge in [-0.25, -0.2) is 0 Å². The second-order valence-electron chi connectivity index (χ2n) is 10.2. The zero-order chi connectivity index (χ0) is 20.2. The van der Waals surface area contributed by atoms with Gasteiger partial charge in [-0.2, -0.15) is 0 Å². The molecule has 2 aliphatic rings. The van der Waals surface area contributed by atoms with Gasteiger partial charge in [-0.1, -0.05) is 50.5 Å². The molecule has 27 heavy (non-hydrogen) atoms. The Labute approximate surface area is 167 Å². The molecule has 0 aromatic heterocycles. The first-order chi connectivity index (χ1) is 12.6. The summed E-state index contributed by atoms with van der Waals surface area (Å²) in [5.74, 6) is 1.36. The van der Waals surface area contributed by atoms with Gasteiger partial charge in [-0.15, -0.1) is 0 Å². The third kappa shape index (κ3) is 5.48. The van der Waals surface area contributed by atoms with E-state index >= 15 is 0 Å². The van der Waals surface area contributed by atoms with Gasteiger partial charge in [0.25, 0.3) is 0 Å². The second kappa shape index (κ2) is 8.97. The van der Waals surface area contributed by atoms with E-state index in [1.54, 1.807) is 5.57 Å². The molecular formula is C25H42O2. The summed E-state index contributed by atoms with van der Waals surface area (Å²) in [5, 5.41) is 0. The first-order valence-electron chi connectivity index (χ1n) is 11.1. The fourth-order valence-corrected chi connectivity index (χ4v) is 6.08. The van der Waals surface area contributed by atoms with E-state index in [2.05, 4.69) is 46.8 Å². The number of allylic oxidation sites excluding steroid dienone is 4. The van der Waals surface area contributed by atoms with E-state index in [1.165, 1.54) is 51.0 Å². The zero-order valence-corrected chi connectivity index (χ0v) is 18.9. The maximum absolute atomic E-state index is 11.0. The quantitative estimate of drug-likeness (QED) is 0.346. The van der Waals surface area contributed by atoms with Crippen molar-refractivity contribution in [1.29, 1.82) is 0 Å². The minimum Gasteiger partial charge on any atom is -0.463 e. The lowest BCUT2D eigenvalue weighted by Crippen LogP contribution is -2.48. The van der Waals surface area contributed by atoms with Crippen LogP contribution in [0.25, 0.3) is 0 Å². The summed E-state index contributed by atoms with van der Waals surface area (Å²) in [7, 11) is 0. The molecule has 0 N–H and O–H groups in total. The van der Waals surface area contributed by atoms with Crippen molar-refractivity contribution in [2.75, 3.05) is 0 Å². The van der Waals surface area contributed by atoms with Crippen LogP contribution in [0.2, 0.25) is 0 Å². The lowest BCUT2D eigenvalue weighted by Gasteiger charge is -2.57. The first-order valence-corrected chi connectivity index (χ1v) is 11.1. The van der Waals surface area contributed by atoms with Crippen LogP contribution in [-0.2, 0) is 9.53 Å². The van der Waals surface area contributed by atoms with Gasteiger partial charge in [0.15, 0.2) is 0 Å². The number of hydrogen-bond acceptors (Lipinski definition) is 2. The third-order valence-corrected chi connectivity index (χ3v) is 7.56. The van der Waals surface area contributed by atoms with Gasteiger partial charge >= 0.3 is 5.97 Å². The van der Waals surface area contributed by atoms with E-state index < -0.39 is 0 Å². The molecule has 2 rings (SSSR count). The molecule has 0 unspecified atom stereocenters. The number of rotatable bonds is 7. The number of fused-ring (bicyclic) bond motifs is 1. The van der Waals surface area contributed by atoms with Crippen LogP contribution in [0.1, 0.15) is 99.8 Å². The molecule has 2 nitrogen and oxygen atoms in total. The predicted molar refractivity (Wildman–Crippen MR) is 115 cm³/mol. The highest BCUT2D eigenvalue weighted by atomic mass is 16.5. The summed E-state index contributed by atoms with van der Waals surface area (Å²) >= 11 is 0. The Morgan fingerprint density at radius 3 is 2.67 bits per heavy atom. The maximum atomic E-state index is 11.0. The van der Waals surface area contributed by atoms with Crippen LogP contribution in [0, 0.1) is 22.7 Å². The normalized spacial score (nSPS) is 31.7. The van der Waals surface area contributed by atoms with Gasteiger partial charge in [0.2, 0.25) is 0 Å². The maximum Gasteiger partial charge on any atom is 0.302 e. The molecule has 0 spiro atoms. The molecule has 1 fully saturated rings. The number of carbonyl (C=O) groups excluding carboxylic acids is 1. The van der Waals surface area contributed by atoms with Crippen LogP contribution in [0.4, 0.5) is 0 Å². The summed E-state index contributed by atoms with van der Waals surface area (Å²) in [5.41, 5.74) is 4.05. The van der Waals surface area contributed by atoms with Gasteiger partial charge in [0, 0.05) is 6.92 Å². The molecule has 0 radical (unpaired) electrons. The average molecular weight is 375 g/mol. The number of hydrogen-bond donors (Lipinski definition) is 0. The molecule has 154 valence electrons. The zero-order valence-electron chi connectivity index (χ0n) is 18.9. The van der Waals surface area contributed by atoms with Crippen molar-refractivity contribution in [1.82, 2.24) is 0 Å². The van der Waals surface area contributed by atoms with Crippen LogP contribution in [0.3, 0.4) is 0 Å². The smallest absolute Gasteiger partial charge is 0.302 e. The fraction of sp³-hybridized carbons (Fsp3) is 0.800. The lowest BCUT2D eigenvalue weighted by atomic mass is 9.48. The molecule has 4 atom stereocenters. The van der Waals surface area contributed by atoms with Crippen LogP contribution >= 0.6 is 0 Å². The summed E-state index contributed by atoms with van der Waals surface area (Å²) in [6.07, 6.45) is 14.7. The fourth-order valence-electron chi connectivity index (χ4n) is 6.08. The predicted octanol–water partition coefficient (Wildman–Crippen LogP) is 7.24. The molecular weight excluding hydrogens is 332 g/mol. The Bertz CT molecular complexity index is 583. The van der Waals surface area contributed by atoms with E-state index in [0.29, 0.717) is 10.8 Å². The van der Waals surface area contributed by atoms with E-state index in [9.17, 15) is 4.79 Å². The van der Waals surface area contributed by atoms with Crippen molar-refractivity contribution in [2.45, 2.75) is 106 Å². The Kier molecular flexibility index (Phi) is 7.39. The molecule has 1 saturated carbocycles. The molecule has 0 heterocycles. The van der Waals surface area contributed by atoms with E-state index in [4.69, 9.17) is 4.74 Å². The third-order valence-electron chi connectivity index (χ3n) is 7.56. The highest BCUT2D eigenvalue weighted by Crippen LogP contribution is 2.60. The van der Waals surface area contributed by atoms with Crippen molar-refractivity contribution in [3.8, 4) is 0 Å². The molecule has 0 amide bonds. The van der Waals surface area contributed by atoms with E-state index in [1.807, 2.05) is 6.92 Å². The van der Waals surface area contributed by atoms with E-state index in [0.717, 1.165) is 24.7 Å². The van der Waals surface area contributed by atoms with Crippen LogP contribution in [0.15, 0.2) is 23.3 Å². The number of esters is 1. The first kappa shape index (κ1) is 22.2. The van der Waals surface area contributed by atoms with Crippen LogP contribution < -0.4 is 0 Å². The van der Waals surface area contributed by atoms with Crippen LogP contribution in [0.5, 0.6) is 0 Å². The summed E-state index contributed by atoms with van der Waals surface area (Å²) < 4.78 is 5.22. The molecule has 2 heteroatoms. The molecule has 0 bridgehead atoms. The van der Waals surface area contributed by atoms with Gasteiger partial charge in [-0.3, -0.25) is 4.79 Å². The topological polar surface area (TPSA) is 26.3 Å². The van der Waals surface area contributed by atoms with Crippen molar-refractivity contribution >= 4 is 5.97 Å². The molecule has 2 aliphatic carbocycles. The van der Waals surface area contributed by atoms with E-state index in [-0.39, 0.29) is 12.1 Å². The summed E-state index contributed by atoms with van der Waals surface area (Å²) in [6, 6.07) is 0. The molecule has 0 aliphatic heterocycles. The number of ether oxygens (including phenoxy) is 1. The van der Waals surface area contributed by atoms with Crippen LogP contribution in [-0.4, -0.2) is 12.1 Å². The molecule has 0 aromatic carbocycles. The Morgan fingerprint density at radius 1 is 1.30 bits per heavy atom. The standard InChI is InChI=1S/C25H42O2/c1-18(10-8-11-20(3)27-21(4)26)12-14-22-19(2)13-15-23-24(5,6)16-9-17-25(22,23)7/h10,13,20,22-23H,8-9,11-12,14-17H2,1-7H3/b18-10+/t20-,22-,23+,25-/m1/s1. The summed E-state index contributed by atoms with van der Waals surface area (Å²) in [6.45, 7) is 15.7. The van der Waals surface area contributed by atoms with Gasteiger partial charge in [-0.05, 0) is 88.4 Å². The van der Waals surface area contributed by atoms with Crippen molar-refractivity contribution in [3.63, 3.8) is 0 Å². The summed E-state index contributed by atoms with van der Waals surface area (Å²) in [4.78, 5) is 11.0. The van der Waals surface area contributed by atoms with Gasteiger partial charge in [0.05, 0.1) is 6.10 Å².